The third kappa shape index (κ3) is 63.9. The van der Waals surface area contributed by atoms with Gasteiger partial charge in [0.25, 0.3) is 0 Å². The molecule has 0 aromatic carbocycles. The average Bonchev–Trinajstić information content (AvgIpc) is 0.722. The van der Waals surface area contributed by atoms with E-state index < -0.39 is 7.82 Å². The van der Waals surface area contributed by atoms with Crippen molar-refractivity contribution in [2.24, 2.45) is 0 Å². The average molecular weight is 259 g/mol. The second kappa shape index (κ2) is 10.0. The molecule has 0 spiro atoms. The normalized spacial score (nSPS) is 7.38. The molecule has 0 bridgehead atoms. The fourth-order valence-corrected chi connectivity index (χ4v) is 0. The second-order valence-electron chi connectivity index (χ2n) is 0.513. The van der Waals surface area contributed by atoms with Gasteiger partial charge >= 0.3 is 45.6 Å². The van der Waals surface area contributed by atoms with E-state index in [0.29, 0.717) is 0 Å². The molecule has 0 unspecified atom stereocenters. The van der Waals surface area contributed by atoms with Crippen LogP contribution in [0.5, 0.6) is 0 Å². The minimum atomic E-state index is -4.64. The molecule has 0 saturated carbocycles. The van der Waals surface area contributed by atoms with E-state index in [0.717, 1.165) is 0 Å². The Kier molecular flexibility index (Phi) is 28.1. The molecule has 0 heterocycles. The quantitative estimate of drug-likeness (QED) is 0.319. The van der Waals surface area contributed by atoms with Gasteiger partial charge in [0.15, 0.2) is 17.4 Å². The maximum absolute atomic E-state index is 8.88. The zero-order valence-electron chi connectivity index (χ0n) is 2.77. The third-order valence-corrected chi connectivity index (χ3v) is 0. The SMILES string of the molecule is O=P(O)(O)O.[AlH3].[CaH2].[Y]. The number of phosphoric acid groups is 1. The monoisotopic (exact) mass is 259 g/mol. The van der Waals surface area contributed by atoms with Crippen LogP contribution in [0.2, 0.25) is 0 Å². The molecule has 0 rings (SSSR count). The zero-order chi connectivity index (χ0) is 4.50. The largest absolute Gasteiger partial charge is 0 e. The van der Waals surface area contributed by atoms with Gasteiger partial charge in [-0.15, -0.1) is 0 Å². The van der Waals surface area contributed by atoms with Crippen molar-refractivity contribution in [1.82, 2.24) is 0 Å². The Morgan fingerprint density at radius 1 is 1.12 bits per heavy atom. The standard InChI is InChI=1S/Al.Ca.H3O4P.Y.5H/c;;1-5(2,3)4;;;;;;/h;;(H3,1,2,3,4);;;;;;. The van der Waals surface area contributed by atoms with Crippen molar-refractivity contribution in [3.05, 3.63) is 0 Å². The van der Waals surface area contributed by atoms with Gasteiger partial charge in [-0.25, -0.2) is 4.57 Å². The van der Waals surface area contributed by atoms with Gasteiger partial charge in [-0.3, -0.25) is 0 Å². The summed E-state index contributed by atoms with van der Waals surface area (Å²) in [6.45, 7) is 0. The Morgan fingerprint density at radius 3 is 1.12 bits per heavy atom. The fourth-order valence-electron chi connectivity index (χ4n) is 0. The first kappa shape index (κ1) is 22.4. The molecule has 1 radical (unpaired) electrons. The maximum Gasteiger partial charge on any atom is 0 e. The molecule has 0 aromatic rings. The van der Waals surface area contributed by atoms with E-state index in [2.05, 4.69) is 0 Å². The molecule has 0 aliphatic rings. The molecule has 8 heavy (non-hydrogen) atoms. The van der Waals surface area contributed by atoms with Gasteiger partial charge in [-0.1, -0.05) is 0 Å². The van der Waals surface area contributed by atoms with E-state index in [1.54, 1.807) is 0 Å². The predicted octanol–water partition coefficient (Wildman–Crippen LogP) is -3.03. The van der Waals surface area contributed by atoms with Crippen LogP contribution in [0.25, 0.3) is 0 Å². The first-order valence-corrected chi connectivity index (χ1v) is 2.35. The first-order chi connectivity index (χ1) is 2.00. The number of hydrogen-bond donors (Lipinski definition) is 3. The summed E-state index contributed by atoms with van der Waals surface area (Å²) in [4.78, 5) is 21.6. The van der Waals surface area contributed by atoms with Crippen LogP contribution in [0, 0.1) is 0 Å². The van der Waals surface area contributed by atoms with Gasteiger partial charge < -0.3 is 14.7 Å². The Morgan fingerprint density at radius 2 is 1.12 bits per heavy atom. The molecule has 0 amide bonds. The van der Waals surface area contributed by atoms with E-state index in [1.807, 2.05) is 0 Å². The first-order valence-electron chi connectivity index (χ1n) is 0.783. The minimum absolute atomic E-state index is 0. The van der Waals surface area contributed by atoms with E-state index >= 15 is 0 Å². The van der Waals surface area contributed by atoms with E-state index in [4.69, 9.17) is 19.2 Å². The summed E-state index contributed by atoms with van der Waals surface area (Å²) in [5, 5.41) is 0. The Labute approximate surface area is 113 Å². The van der Waals surface area contributed by atoms with Crippen LogP contribution in [0.15, 0.2) is 0 Å². The van der Waals surface area contributed by atoms with Gasteiger partial charge in [0.1, 0.15) is 0 Å². The van der Waals surface area contributed by atoms with Crippen LogP contribution < -0.4 is 0 Å². The van der Waals surface area contributed by atoms with Crippen molar-refractivity contribution < 1.29 is 52.0 Å². The predicted molar refractivity (Wildman–Crippen MR) is 32.7 cm³/mol. The molecular formula is H8AlCaO4PY. The van der Waals surface area contributed by atoms with E-state index in [9.17, 15) is 0 Å². The summed E-state index contributed by atoms with van der Waals surface area (Å²) < 4.78 is 8.88. The molecule has 0 aliphatic carbocycles. The molecule has 0 aromatic heterocycles. The van der Waals surface area contributed by atoms with E-state index in [1.165, 1.54) is 0 Å². The van der Waals surface area contributed by atoms with Crippen LogP contribution in [-0.2, 0) is 37.3 Å². The summed E-state index contributed by atoms with van der Waals surface area (Å²) in [7, 11) is -4.64. The van der Waals surface area contributed by atoms with Crippen molar-refractivity contribution in [3.63, 3.8) is 0 Å². The molecule has 3 N–H and O–H groups in total. The summed E-state index contributed by atoms with van der Waals surface area (Å²) >= 11 is 0. The van der Waals surface area contributed by atoms with Crippen molar-refractivity contribution in [1.29, 1.82) is 0 Å². The molecule has 45 valence electrons. The van der Waals surface area contributed by atoms with Gasteiger partial charge in [-0.05, 0) is 0 Å². The Balaban J connectivity index is -0.0000000267. The van der Waals surface area contributed by atoms with Gasteiger partial charge in [-0.2, -0.15) is 0 Å². The second-order valence-corrected chi connectivity index (χ2v) is 1.54. The topological polar surface area (TPSA) is 77.8 Å². The van der Waals surface area contributed by atoms with Gasteiger partial charge in [0.05, 0.1) is 0 Å². The molecule has 0 aliphatic heterocycles. The summed E-state index contributed by atoms with van der Waals surface area (Å²) in [6.07, 6.45) is 0. The van der Waals surface area contributed by atoms with Crippen molar-refractivity contribution in [3.8, 4) is 0 Å². The maximum atomic E-state index is 8.88. The van der Waals surface area contributed by atoms with Crippen LogP contribution in [0.4, 0.5) is 0 Å². The zero-order valence-corrected chi connectivity index (χ0v) is 6.51. The van der Waals surface area contributed by atoms with Crippen molar-refractivity contribution in [2.45, 2.75) is 0 Å². The van der Waals surface area contributed by atoms with Crippen LogP contribution >= 0.6 is 7.82 Å². The molecule has 0 atom stereocenters. The third-order valence-electron chi connectivity index (χ3n) is 0. The van der Waals surface area contributed by atoms with Gasteiger partial charge in [0.2, 0.25) is 0 Å². The molecular weight excluding hydrogens is 251 g/mol. The molecule has 4 nitrogen and oxygen atoms in total. The minimum Gasteiger partial charge on any atom is 0 e. The molecule has 0 saturated heterocycles. The number of hydrogen-bond acceptors (Lipinski definition) is 1. The molecule has 0 fully saturated rings. The summed E-state index contributed by atoms with van der Waals surface area (Å²) in [5.74, 6) is 0. The summed E-state index contributed by atoms with van der Waals surface area (Å²) in [5.41, 5.74) is 0. The Hall–Kier alpha value is 3.01. The molecule has 8 heteroatoms. The van der Waals surface area contributed by atoms with E-state index in [-0.39, 0.29) is 87.8 Å². The Bertz CT molecular complexity index is 62.2. The van der Waals surface area contributed by atoms with Crippen molar-refractivity contribution >= 4 is 62.9 Å². The van der Waals surface area contributed by atoms with Crippen LogP contribution in [-0.4, -0.2) is 69.8 Å². The van der Waals surface area contributed by atoms with Gasteiger partial charge in [0, 0.05) is 32.7 Å². The number of rotatable bonds is 0. The van der Waals surface area contributed by atoms with Crippen molar-refractivity contribution in [2.75, 3.05) is 0 Å². The van der Waals surface area contributed by atoms with Crippen LogP contribution in [0.1, 0.15) is 0 Å². The fraction of sp³-hybridized carbons (Fsp3) is 0. The van der Waals surface area contributed by atoms with Crippen LogP contribution in [0.3, 0.4) is 0 Å². The smallest absolute Gasteiger partial charge is 0 e. The summed E-state index contributed by atoms with van der Waals surface area (Å²) in [6, 6.07) is 0.